The summed E-state index contributed by atoms with van der Waals surface area (Å²) in [7, 11) is 0. The summed E-state index contributed by atoms with van der Waals surface area (Å²) in [5.74, 6) is -0.440. The molecule has 1 atom stereocenters. The second-order valence-corrected chi connectivity index (χ2v) is 4.11. The Kier molecular flexibility index (Phi) is 4.73. The second kappa shape index (κ2) is 5.73. The summed E-state index contributed by atoms with van der Waals surface area (Å²) in [5, 5.41) is 2.63. The zero-order chi connectivity index (χ0) is 14.7. The Balaban J connectivity index is 2.96. The molecule has 0 fully saturated rings. The molecular weight excluding hydrogens is 269 g/mol. The van der Waals surface area contributed by atoms with Crippen LogP contribution in [-0.2, 0) is 5.54 Å². The van der Waals surface area contributed by atoms with Crippen LogP contribution in [0.2, 0.25) is 0 Å². The summed E-state index contributed by atoms with van der Waals surface area (Å²) in [6.45, 7) is 3.27. The third-order valence-corrected chi connectivity index (χ3v) is 2.67. The van der Waals surface area contributed by atoms with Gasteiger partial charge in [-0.15, -0.1) is 13.2 Å². The average molecular weight is 283 g/mol. The van der Waals surface area contributed by atoms with Gasteiger partial charge in [0, 0.05) is 0 Å². The van der Waals surface area contributed by atoms with E-state index in [1.807, 2.05) is 0 Å². The van der Waals surface area contributed by atoms with E-state index >= 15 is 0 Å². The van der Waals surface area contributed by atoms with Gasteiger partial charge in [-0.1, -0.05) is 19.1 Å². The predicted molar refractivity (Wildman–Crippen MR) is 60.2 cm³/mol. The zero-order valence-electron chi connectivity index (χ0n) is 10.4. The Labute approximate surface area is 107 Å². The Bertz CT molecular complexity index is 404. The van der Waals surface area contributed by atoms with Crippen molar-refractivity contribution in [2.24, 2.45) is 0 Å². The molecule has 0 aliphatic heterocycles. The van der Waals surface area contributed by atoms with Gasteiger partial charge < -0.3 is 10.1 Å². The number of nitrogens with one attached hydrogen (secondary N) is 1. The molecule has 0 aliphatic carbocycles. The summed E-state index contributed by atoms with van der Waals surface area (Å²) in [5.41, 5.74) is -1.41. The molecule has 1 aromatic rings. The maximum absolute atomic E-state index is 13.1. The molecule has 108 valence electrons. The lowest BCUT2D eigenvalue weighted by atomic mass is 9.92. The first-order chi connectivity index (χ1) is 8.69. The smallest absolute Gasteiger partial charge is 0.406 e. The second-order valence-electron chi connectivity index (χ2n) is 4.11. The monoisotopic (exact) mass is 283 g/mol. The van der Waals surface area contributed by atoms with Crippen LogP contribution in [-0.4, -0.2) is 19.3 Å². The normalized spacial score (nSPS) is 15.4. The molecule has 0 radical (unpaired) electrons. The molecule has 0 bridgehead atoms. The van der Waals surface area contributed by atoms with Gasteiger partial charge in [0.1, 0.15) is 11.3 Å². The highest BCUT2D eigenvalue weighted by atomic mass is 19.4. The highest BCUT2D eigenvalue weighted by Crippen LogP contribution is 2.30. The first-order valence-electron chi connectivity index (χ1n) is 5.58. The van der Waals surface area contributed by atoms with Crippen LogP contribution in [0.4, 0.5) is 22.0 Å². The van der Waals surface area contributed by atoms with E-state index < -0.39 is 24.1 Å². The van der Waals surface area contributed by atoms with Crippen molar-refractivity contribution in [2.75, 3.05) is 6.54 Å². The Morgan fingerprint density at radius 3 is 2.05 bits per heavy atom. The van der Waals surface area contributed by atoms with E-state index in [0.29, 0.717) is 6.54 Å². The third kappa shape index (κ3) is 4.05. The molecule has 1 aromatic carbocycles. The fraction of sp³-hybridized carbons (Fsp3) is 0.500. The Morgan fingerprint density at radius 2 is 1.68 bits per heavy atom. The zero-order valence-corrected chi connectivity index (χ0v) is 10.4. The number of hydrogen-bond acceptors (Lipinski definition) is 2. The predicted octanol–water partition coefficient (Wildman–Crippen LogP) is 3.68. The maximum atomic E-state index is 13.1. The summed E-state index contributed by atoms with van der Waals surface area (Å²) in [4.78, 5) is 0. The van der Waals surface area contributed by atoms with Crippen LogP contribution in [0.1, 0.15) is 19.4 Å². The molecular formula is C12H14F5NO. The quantitative estimate of drug-likeness (QED) is 0.832. The highest BCUT2D eigenvalue weighted by molar-refractivity contribution is 5.32. The van der Waals surface area contributed by atoms with Gasteiger partial charge in [-0.25, -0.2) is 8.78 Å². The van der Waals surface area contributed by atoms with Gasteiger partial charge in [0.2, 0.25) is 0 Å². The molecule has 2 nitrogen and oxygen atoms in total. The maximum Gasteiger partial charge on any atom is 0.573 e. The van der Waals surface area contributed by atoms with Gasteiger partial charge in [-0.05, 0) is 31.2 Å². The number of benzene rings is 1. The Hall–Kier alpha value is -1.37. The summed E-state index contributed by atoms with van der Waals surface area (Å²) >= 11 is 0. The fourth-order valence-electron chi connectivity index (χ4n) is 1.68. The fourth-order valence-corrected chi connectivity index (χ4v) is 1.68. The van der Waals surface area contributed by atoms with Gasteiger partial charge >= 0.3 is 6.36 Å². The van der Waals surface area contributed by atoms with E-state index in [-0.39, 0.29) is 5.56 Å². The van der Waals surface area contributed by atoms with Gasteiger partial charge in [0.05, 0.1) is 0 Å². The van der Waals surface area contributed by atoms with Gasteiger partial charge in [0.15, 0.2) is 0 Å². The van der Waals surface area contributed by atoms with Crippen LogP contribution >= 0.6 is 0 Å². The van der Waals surface area contributed by atoms with Crippen molar-refractivity contribution in [1.29, 1.82) is 0 Å². The van der Waals surface area contributed by atoms with Crippen LogP contribution in [0.3, 0.4) is 0 Å². The molecule has 1 N–H and O–H groups in total. The SMILES string of the molecule is CCNC(C)(c1ccc(OC(F)(F)F)cc1)C(F)F. The minimum absolute atomic E-state index is 0.193. The van der Waals surface area contributed by atoms with E-state index in [2.05, 4.69) is 10.1 Å². The molecule has 0 aliphatic rings. The van der Waals surface area contributed by atoms with Crippen LogP contribution < -0.4 is 10.1 Å². The molecule has 0 saturated carbocycles. The van der Waals surface area contributed by atoms with Crippen molar-refractivity contribution in [2.45, 2.75) is 32.2 Å². The molecule has 7 heteroatoms. The number of ether oxygens (including phenoxy) is 1. The third-order valence-electron chi connectivity index (χ3n) is 2.67. The van der Waals surface area contributed by atoms with Gasteiger partial charge in [-0.2, -0.15) is 0 Å². The van der Waals surface area contributed by atoms with Crippen molar-refractivity contribution in [3.8, 4) is 5.75 Å². The van der Waals surface area contributed by atoms with Crippen molar-refractivity contribution < 1.29 is 26.7 Å². The summed E-state index contributed by atoms with van der Waals surface area (Å²) in [6, 6.07) is 4.41. The van der Waals surface area contributed by atoms with E-state index in [0.717, 1.165) is 12.1 Å². The van der Waals surface area contributed by atoms with Crippen molar-refractivity contribution in [1.82, 2.24) is 5.32 Å². The molecule has 0 heterocycles. The van der Waals surface area contributed by atoms with Crippen LogP contribution in [0.15, 0.2) is 24.3 Å². The Morgan fingerprint density at radius 1 is 1.16 bits per heavy atom. The number of rotatable bonds is 5. The summed E-state index contributed by atoms with van der Waals surface area (Å²) in [6.07, 6.45) is -7.49. The van der Waals surface area contributed by atoms with E-state index in [1.54, 1.807) is 6.92 Å². The van der Waals surface area contributed by atoms with E-state index in [9.17, 15) is 22.0 Å². The summed E-state index contributed by atoms with van der Waals surface area (Å²) < 4.78 is 65.7. The average Bonchev–Trinajstić information content (AvgIpc) is 2.27. The lowest BCUT2D eigenvalue weighted by Crippen LogP contribution is -2.45. The molecule has 0 amide bonds. The van der Waals surface area contributed by atoms with E-state index in [4.69, 9.17) is 0 Å². The lowest BCUT2D eigenvalue weighted by Gasteiger charge is -2.30. The number of hydrogen-bond donors (Lipinski definition) is 1. The van der Waals surface area contributed by atoms with Crippen LogP contribution in [0.5, 0.6) is 5.75 Å². The van der Waals surface area contributed by atoms with Crippen molar-refractivity contribution in [3.05, 3.63) is 29.8 Å². The number of halogens is 5. The van der Waals surface area contributed by atoms with E-state index in [1.165, 1.54) is 19.1 Å². The molecule has 1 rings (SSSR count). The van der Waals surface area contributed by atoms with Gasteiger partial charge in [0.25, 0.3) is 6.43 Å². The molecule has 0 spiro atoms. The molecule has 1 unspecified atom stereocenters. The standard InChI is InChI=1S/C12H14F5NO/c1-3-18-11(2,10(13)14)8-4-6-9(7-5-8)19-12(15,16)17/h4-7,10,18H,3H2,1-2H3. The first-order valence-corrected chi connectivity index (χ1v) is 5.58. The largest absolute Gasteiger partial charge is 0.573 e. The molecule has 0 saturated heterocycles. The van der Waals surface area contributed by atoms with Crippen LogP contribution in [0, 0.1) is 0 Å². The highest BCUT2D eigenvalue weighted by Gasteiger charge is 2.36. The minimum atomic E-state index is -4.80. The minimum Gasteiger partial charge on any atom is -0.406 e. The first kappa shape index (κ1) is 15.7. The van der Waals surface area contributed by atoms with Crippen LogP contribution in [0.25, 0.3) is 0 Å². The molecule has 0 aromatic heterocycles. The van der Waals surface area contributed by atoms with Crippen molar-refractivity contribution >= 4 is 0 Å². The molecule has 19 heavy (non-hydrogen) atoms. The van der Waals surface area contributed by atoms with Gasteiger partial charge in [-0.3, -0.25) is 0 Å². The van der Waals surface area contributed by atoms with Crippen molar-refractivity contribution in [3.63, 3.8) is 0 Å². The number of alkyl halides is 5. The lowest BCUT2D eigenvalue weighted by molar-refractivity contribution is -0.274. The topological polar surface area (TPSA) is 21.3 Å².